The number of rotatable bonds is 4. The summed E-state index contributed by atoms with van der Waals surface area (Å²) in [4.78, 5) is 0. The SMILES string of the molecule is Fc1ccc(CNCc2ccc(Br)cc2Cl)c(F)c1. The molecule has 0 fully saturated rings. The van der Waals surface area contributed by atoms with Crippen LogP contribution >= 0.6 is 27.5 Å². The highest BCUT2D eigenvalue weighted by Gasteiger charge is 2.04. The van der Waals surface area contributed by atoms with Crippen LogP contribution in [0.15, 0.2) is 40.9 Å². The largest absolute Gasteiger partial charge is 0.308 e. The van der Waals surface area contributed by atoms with E-state index in [1.165, 1.54) is 12.1 Å². The Labute approximate surface area is 123 Å². The lowest BCUT2D eigenvalue weighted by atomic mass is 10.2. The van der Waals surface area contributed by atoms with Crippen LogP contribution in [0.5, 0.6) is 0 Å². The summed E-state index contributed by atoms with van der Waals surface area (Å²) in [5, 5.41) is 3.72. The molecule has 2 aromatic rings. The Kier molecular flexibility index (Phi) is 4.91. The van der Waals surface area contributed by atoms with Crippen LogP contribution in [0.4, 0.5) is 8.78 Å². The average Bonchev–Trinajstić information content (AvgIpc) is 2.34. The van der Waals surface area contributed by atoms with Gasteiger partial charge < -0.3 is 5.32 Å². The summed E-state index contributed by atoms with van der Waals surface area (Å²) in [6, 6.07) is 9.13. The lowest BCUT2D eigenvalue weighted by molar-refractivity contribution is 0.560. The van der Waals surface area contributed by atoms with E-state index in [-0.39, 0.29) is 0 Å². The molecule has 2 rings (SSSR count). The Bertz CT molecular complexity index is 538. The van der Waals surface area contributed by atoms with Gasteiger partial charge in [0, 0.05) is 34.2 Å². The lowest BCUT2D eigenvalue weighted by Crippen LogP contribution is -2.14. The minimum Gasteiger partial charge on any atom is -0.308 e. The average molecular weight is 347 g/mol. The monoisotopic (exact) mass is 345 g/mol. The molecular weight excluding hydrogens is 336 g/mol. The third kappa shape index (κ3) is 4.00. The maximum Gasteiger partial charge on any atom is 0.130 e. The fourth-order valence-corrected chi connectivity index (χ4v) is 2.40. The third-order valence-electron chi connectivity index (χ3n) is 2.66. The smallest absolute Gasteiger partial charge is 0.130 e. The van der Waals surface area contributed by atoms with Gasteiger partial charge in [-0.25, -0.2) is 8.78 Å². The molecule has 1 nitrogen and oxygen atoms in total. The van der Waals surface area contributed by atoms with E-state index in [0.29, 0.717) is 23.7 Å². The van der Waals surface area contributed by atoms with E-state index in [1.807, 2.05) is 12.1 Å². The zero-order chi connectivity index (χ0) is 13.8. The molecule has 100 valence electrons. The van der Waals surface area contributed by atoms with Gasteiger partial charge in [0.25, 0.3) is 0 Å². The summed E-state index contributed by atoms with van der Waals surface area (Å²) in [6.45, 7) is 0.835. The summed E-state index contributed by atoms with van der Waals surface area (Å²) < 4.78 is 27.0. The van der Waals surface area contributed by atoms with Crippen LogP contribution in [0.1, 0.15) is 11.1 Å². The van der Waals surface area contributed by atoms with Gasteiger partial charge in [-0.15, -0.1) is 0 Å². The number of hydrogen-bond acceptors (Lipinski definition) is 1. The topological polar surface area (TPSA) is 12.0 Å². The quantitative estimate of drug-likeness (QED) is 0.848. The van der Waals surface area contributed by atoms with Crippen molar-refractivity contribution in [1.29, 1.82) is 0 Å². The van der Waals surface area contributed by atoms with Crippen molar-refractivity contribution in [2.24, 2.45) is 0 Å². The Hall–Kier alpha value is -0.970. The minimum absolute atomic E-state index is 0.318. The Morgan fingerprint density at radius 1 is 1.00 bits per heavy atom. The van der Waals surface area contributed by atoms with Crippen molar-refractivity contribution in [3.8, 4) is 0 Å². The second-order valence-electron chi connectivity index (χ2n) is 4.08. The molecule has 0 unspecified atom stereocenters. The molecule has 0 spiro atoms. The van der Waals surface area contributed by atoms with E-state index in [4.69, 9.17) is 11.6 Å². The number of halogens is 4. The fraction of sp³-hybridized carbons (Fsp3) is 0.143. The van der Waals surface area contributed by atoms with Crippen LogP contribution in [-0.4, -0.2) is 0 Å². The molecule has 0 heterocycles. The summed E-state index contributed by atoms with van der Waals surface area (Å²) in [6.07, 6.45) is 0. The van der Waals surface area contributed by atoms with Crippen LogP contribution in [0.3, 0.4) is 0 Å². The summed E-state index contributed by atoms with van der Waals surface area (Å²) in [5.74, 6) is -1.12. The zero-order valence-electron chi connectivity index (χ0n) is 9.89. The fourth-order valence-electron chi connectivity index (χ4n) is 1.66. The van der Waals surface area contributed by atoms with Crippen molar-refractivity contribution < 1.29 is 8.78 Å². The van der Waals surface area contributed by atoms with E-state index >= 15 is 0 Å². The number of benzene rings is 2. The predicted molar refractivity (Wildman–Crippen MR) is 76.1 cm³/mol. The molecule has 19 heavy (non-hydrogen) atoms. The molecule has 0 bridgehead atoms. The van der Waals surface area contributed by atoms with Gasteiger partial charge in [0.1, 0.15) is 11.6 Å². The highest BCUT2D eigenvalue weighted by Crippen LogP contribution is 2.21. The van der Waals surface area contributed by atoms with E-state index in [1.54, 1.807) is 6.07 Å². The first kappa shape index (κ1) is 14.4. The van der Waals surface area contributed by atoms with Crippen molar-refractivity contribution in [3.63, 3.8) is 0 Å². The third-order valence-corrected chi connectivity index (χ3v) is 3.51. The summed E-state index contributed by atoms with van der Waals surface area (Å²) in [7, 11) is 0. The van der Waals surface area contributed by atoms with Crippen LogP contribution in [0.2, 0.25) is 5.02 Å². The standard InChI is InChI=1S/C14H11BrClF2N/c15-11-3-1-9(13(16)5-11)7-19-8-10-2-4-12(17)6-14(10)18/h1-6,19H,7-8H2. The highest BCUT2D eigenvalue weighted by atomic mass is 79.9. The molecule has 0 radical (unpaired) electrons. The van der Waals surface area contributed by atoms with Gasteiger partial charge in [-0.1, -0.05) is 39.7 Å². The van der Waals surface area contributed by atoms with Gasteiger partial charge in [-0.05, 0) is 23.8 Å². The van der Waals surface area contributed by atoms with E-state index in [2.05, 4.69) is 21.2 Å². The van der Waals surface area contributed by atoms with E-state index in [0.717, 1.165) is 16.1 Å². The van der Waals surface area contributed by atoms with Crippen molar-refractivity contribution in [2.45, 2.75) is 13.1 Å². The number of hydrogen-bond donors (Lipinski definition) is 1. The van der Waals surface area contributed by atoms with Crippen LogP contribution < -0.4 is 5.32 Å². The van der Waals surface area contributed by atoms with Crippen LogP contribution in [0, 0.1) is 11.6 Å². The minimum atomic E-state index is -0.572. The van der Waals surface area contributed by atoms with Crippen molar-refractivity contribution in [3.05, 3.63) is 68.7 Å². The molecule has 0 aliphatic heterocycles. The molecular formula is C14H11BrClF2N. The summed E-state index contributed by atoms with van der Waals surface area (Å²) in [5.41, 5.74) is 1.35. The van der Waals surface area contributed by atoms with Gasteiger partial charge in [0.2, 0.25) is 0 Å². The molecule has 1 N–H and O–H groups in total. The Morgan fingerprint density at radius 3 is 2.37 bits per heavy atom. The lowest BCUT2D eigenvalue weighted by Gasteiger charge is -2.08. The van der Waals surface area contributed by atoms with Gasteiger partial charge in [-0.2, -0.15) is 0 Å². The maximum atomic E-state index is 13.4. The predicted octanol–water partition coefficient (Wildman–Crippen LogP) is 4.67. The summed E-state index contributed by atoms with van der Waals surface area (Å²) >= 11 is 9.40. The maximum absolute atomic E-state index is 13.4. The molecule has 0 aromatic heterocycles. The van der Waals surface area contributed by atoms with Gasteiger partial charge in [0.15, 0.2) is 0 Å². The van der Waals surface area contributed by atoms with Gasteiger partial charge >= 0.3 is 0 Å². The zero-order valence-corrected chi connectivity index (χ0v) is 12.2. The number of nitrogens with one attached hydrogen (secondary N) is 1. The first-order valence-electron chi connectivity index (χ1n) is 5.65. The van der Waals surface area contributed by atoms with Crippen LogP contribution in [0.25, 0.3) is 0 Å². The first-order chi connectivity index (χ1) is 9.06. The first-order valence-corrected chi connectivity index (χ1v) is 6.82. The van der Waals surface area contributed by atoms with E-state index < -0.39 is 11.6 Å². The molecule has 0 aliphatic carbocycles. The molecule has 0 saturated heterocycles. The normalized spacial score (nSPS) is 10.7. The van der Waals surface area contributed by atoms with Gasteiger partial charge in [0.05, 0.1) is 0 Å². The molecule has 0 atom stereocenters. The Balaban J connectivity index is 1.96. The van der Waals surface area contributed by atoms with Crippen molar-refractivity contribution in [1.82, 2.24) is 5.32 Å². The second kappa shape index (κ2) is 6.46. The highest BCUT2D eigenvalue weighted by molar-refractivity contribution is 9.10. The Morgan fingerprint density at radius 2 is 1.68 bits per heavy atom. The molecule has 0 amide bonds. The molecule has 0 saturated carbocycles. The molecule has 2 aromatic carbocycles. The van der Waals surface area contributed by atoms with Crippen LogP contribution in [-0.2, 0) is 13.1 Å². The second-order valence-corrected chi connectivity index (χ2v) is 5.40. The van der Waals surface area contributed by atoms with Crippen molar-refractivity contribution in [2.75, 3.05) is 0 Å². The molecule has 5 heteroatoms. The molecule has 0 aliphatic rings. The van der Waals surface area contributed by atoms with Crippen molar-refractivity contribution >= 4 is 27.5 Å². The van der Waals surface area contributed by atoms with Gasteiger partial charge in [-0.3, -0.25) is 0 Å². The van der Waals surface area contributed by atoms with E-state index in [9.17, 15) is 8.78 Å².